The normalized spacial score (nSPS) is 9.36. The molecule has 3 rings (SSSR count). The molecule has 5 heteroatoms. The fourth-order valence-corrected chi connectivity index (χ4v) is 2.20. The Hall–Kier alpha value is -2.85. The number of rotatable bonds is 2. The fourth-order valence-electron chi connectivity index (χ4n) is 2.20. The molecule has 0 bridgehead atoms. The third-order valence-electron chi connectivity index (χ3n) is 3.74. The van der Waals surface area contributed by atoms with Crippen molar-refractivity contribution in [3.05, 3.63) is 77.9 Å². The Morgan fingerprint density at radius 1 is 0.680 bits per heavy atom. The Labute approximate surface area is 155 Å². The summed E-state index contributed by atoms with van der Waals surface area (Å²) < 4.78 is 0. The van der Waals surface area contributed by atoms with Gasteiger partial charge in [-0.05, 0) is 55.3 Å². The first kappa shape index (κ1) is 20.2. The first-order valence-corrected chi connectivity index (χ1v) is 7.76. The second-order valence-electron chi connectivity index (χ2n) is 5.60. The summed E-state index contributed by atoms with van der Waals surface area (Å²) in [4.78, 5) is 0. The van der Waals surface area contributed by atoms with Crippen LogP contribution < -0.4 is 22.5 Å². The molecule has 0 aliphatic rings. The van der Waals surface area contributed by atoms with Gasteiger partial charge in [0, 0.05) is 17.1 Å². The second kappa shape index (κ2) is 9.45. The summed E-state index contributed by atoms with van der Waals surface area (Å²) in [5.74, 6) is 0. The van der Waals surface area contributed by atoms with Gasteiger partial charge in [0.2, 0.25) is 0 Å². The minimum Gasteiger partial charge on any atom is -0.399 e. The van der Waals surface area contributed by atoms with Crippen molar-refractivity contribution in [1.82, 2.24) is 0 Å². The molecule has 4 nitrogen and oxygen atoms in total. The average Bonchev–Trinajstić information content (AvgIpc) is 2.60. The number of halogens is 1. The van der Waals surface area contributed by atoms with E-state index < -0.39 is 0 Å². The summed E-state index contributed by atoms with van der Waals surface area (Å²) in [6, 6.07) is 21.4. The number of hydrogen-bond donors (Lipinski definition) is 4. The lowest BCUT2D eigenvalue weighted by atomic mass is 10.1. The van der Waals surface area contributed by atoms with Gasteiger partial charge in [-0.2, -0.15) is 0 Å². The van der Waals surface area contributed by atoms with Crippen molar-refractivity contribution in [3.8, 4) is 0 Å². The third-order valence-corrected chi connectivity index (χ3v) is 3.74. The molecule has 0 spiro atoms. The van der Waals surface area contributed by atoms with Gasteiger partial charge in [0.25, 0.3) is 0 Å². The zero-order valence-corrected chi connectivity index (χ0v) is 15.3. The predicted octanol–water partition coefficient (Wildman–Crippen LogP) is 4.90. The van der Waals surface area contributed by atoms with Crippen LogP contribution in [0, 0.1) is 13.8 Å². The summed E-state index contributed by atoms with van der Waals surface area (Å²) in [6.45, 7) is 3.91. The van der Waals surface area contributed by atoms with Gasteiger partial charge in [-0.3, -0.25) is 0 Å². The van der Waals surface area contributed by atoms with Crippen molar-refractivity contribution in [2.24, 2.45) is 0 Å². The van der Waals surface area contributed by atoms with Gasteiger partial charge >= 0.3 is 0 Å². The summed E-state index contributed by atoms with van der Waals surface area (Å²) >= 11 is 0. The van der Waals surface area contributed by atoms with E-state index in [2.05, 4.69) is 5.32 Å². The minimum absolute atomic E-state index is 0. The van der Waals surface area contributed by atoms with Crippen LogP contribution in [0.5, 0.6) is 0 Å². The highest BCUT2D eigenvalue weighted by Crippen LogP contribution is 2.31. The molecule has 3 aromatic carbocycles. The monoisotopic (exact) mass is 356 g/mol. The average molecular weight is 357 g/mol. The SMILES string of the molecule is Cc1cc(Nc2c(N)ccc(N)c2C)ccc1N.Cl.c1ccccc1. The molecule has 0 aromatic heterocycles. The molecular weight excluding hydrogens is 332 g/mol. The number of aryl methyl sites for hydroxylation is 1. The predicted molar refractivity (Wildman–Crippen MR) is 113 cm³/mol. The van der Waals surface area contributed by atoms with Gasteiger partial charge in [0.15, 0.2) is 0 Å². The topological polar surface area (TPSA) is 90.1 Å². The highest BCUT2D eigenvalue weighted by atomic mass is 35.5. The van der Waals surface area contributed by atoms with Crippen molar-refractivity contribution in [2.75, 3.05) is 22.5 Å². The van der Waals surface area contributed by atoms with Crippen LogP contribution in [-0.2, 0) is 0 Å². The summed E-state index contributed by atoms with van der Waals surface area (Å²) in [5.41, 5.74) is 23.6. The Balaban J connectivity index is 0.000000379. The smallest absolute Gasteiger partial charge is 0.0668 e. The zero-order chi connectivity index (χ0) is 17.5. The van der Waals surface area contributed by atoms with E-state index in [1.807, 2.05) is 74.5 Å². The van der Waals surface area contributed by atoms with E-state index in [-0.39, 0.29) is 12.4 Å². The maximum Gasteiger partial charge on any atom is 0.0668 e. The highest BCUT2D eigenvalue weighted by Gasteiger charge is 2.07. The van der Waals surface area contributed by atoms with Crippen molar-refractivity contribution in [3.63, 3.8) is 0 Å². The Morgan fingerprint density at radius 3 is 1.68 bits per heavy atom. The molecule has 0 saturated carbocycles. The van der Waals surface area contributed by atoms with Gasteiger partial charge < -0.3 is 22.5 Å². The first-order valence-electron chi connectivity index (χ1n) is 7.76. The lowest BCUT2D eigenvalue weighted by molar-refractivity contribution is 1.41. The third kappa shape index (κ3) is 5.62. The van der Waals surface area contributed by atoms with Crippen LogP contribution in [0.1, 0.15) is 11.1 Å². The lowest BCUT2D eigenvalue weighted by Gasteiger charge is -2.15. The Bertz CT molecular complexity index is 778. The maximum atomic E-state index is 5.96. The van der Waals surface area contributed by atoms with Crippen LogP contribution in [-0.4, -0.2) is 0 Å². The molecule has 0 amide bonds. The molecule has 0 saturated heterocycles. The highest BCUT2D eigenvalue weighted by molar-refractivity contribution is 5.85. The summed E-state index contributed by atoms with van der Waals surface area (Å²) in [6.07, 6.45) is 0. The molecule has 132 valence electrons. The maximum absolute atomic E-state index is 5.96. The molecule has 0 fully saturated rings. The second-order valence-corrected chi connectivity index (χ2v) is 5.60. The minimum atomic E-state index is 0. The molecular formula is C20H25ClN4. The fraction of sp³-hybridized carbons (Fsp3) is 0.100. The van der Waals surface area contributed by atoms with E-state index in [4.69, 9.17) is 17.2 Å². The van der Waals surface area contributed by atoms with Crippen molar-refractivity contribution in [1.29, 1.82) is 0 Å². The van der Waals surface area contributed by atoms with E-state index >= 15 is 0 Å². The van der Waals surface area contributed by atoms with Crippen molar-refractivity contribution in [2.45, 2.75) is 13.8 Å². The molecule has 7 N–H and O–H groups in total. The molecule has 0 unspecified atom stereocenters. The molecule has 25 heavy (non-hydrogen) atoms. The van der Waals surface area contributed by atoms with Crippen molar-refractivity contribution < 1.29 is 0 Å². The van der Waals surface area contributed by atoms with E-state index in [0.29, 0.717) is 5.69 Å². The zero-order valence-electron chi connectivity index (χ0n) is 14.5. The van der Waals surface area contributed by atoms with Gasteiger partial charge in [-0.15, -0.1) is 12.4 Å². The Kier molecular flexibility index (Phi) is 7.63. The summed E-state index contributed by atoms with van der Waals surface area (Å²) in [7, 11) is 0. The van der Waals surface area contributed by atoms with Crippen molar-refractivity contribution >= 4 is 40.8 Å². The van der Waals surface area contributed by atoms with E-state index in [9.17, 15) is 0 Å². The lowest BCUT2D eigenvalue weighted by Crippen LogP contribution is -2.02. The molecule has 0 aliphatic heterocycles. The largest absolute Gasteiger partial charge is 0.399 e. The van der Waals surface area contributed by atoms with Crippen LogP contribution >= 0.6 is 12.4 Å². The van der Waals surface area contributed by atoms with Gasteiger partial charge in [-0.1, -0.05) is 36.4 Å². The molecule has 0 atom stereocenters. The van der Waals surface area contributed by atoms with Crippen LogP contribution in [0.25, 0.3) is 0 Å². The number of nitrogens with one attached hydrogen (secondary N) is 1. The summed E-state index contributed by atoms with van der Waals surface area (Å²) in [5, 5.41) is 3.29. The number of benzene rings is 3. The van der Waals surface area contributed by atoms with Crippen LogP contribution in [0.2, 0.25) is 0 Å². The number of anilines is 5. The van der Waals surface area contributed by atoms with Crippen LogP contribution in [0.15, 0.2) is 66.7 Å². The number of nitrogen functional groups attached to an aromatic ring is 3. The molecule has 0 aliphatic carbocycles. The van der Waals surface area contributed by atoms with Gasteiger partial charge in [0.1, 0.15) is 0 Å². The molecule has 0 radical (unpaired) electrons. The number of nitrogens with two attached hydrogens (primary N) is 3. The molecule has 3 aromatic rings. The number of hydrogen-bond acceptors (Lipinski definition) is 4. The van der Waals surface area contributed by atoms with Gasteiger partial charge in [-0.25, -0.2) is 0 Å². The Morgan fingerprint density at radius 2 is 1.16 bits per heavy atom. The van der Waals surface area contributed by atoms with Gasteiger partial charge in [0.05, 0.1) is 11.4 Å². The first-order chi connectivity index (χ1) is 11.5. The van der Waals surface area contributed by atoms with Crippen LogP contribution in [0.4, 0.5) is 28.4 Å². The van der Waals surface area contributed by atoms with E-state index in [1.54, 1.807) is 6.07 Å². The molecule has 0 heterocycles. The van der Waals surface area contributed by atoms with E-state index in [0.717, 1.165) is 33.9 Å². The standard InChI is InChI=1S/C14H18N4.C6H6.ClH/c1-8-7-10(3-4-11(8)15)18-14-9(2)12(16)5-6-13(14)17;1-2-4-6-5-3-1;/h3-7,18H,15-17H2,1-2H3;1-6H;1H. The van der Waals surface area contributed by atoms with E-state index in [1.165, 1.54) is 0 Å². The quantitative estimate of drug-likeness (QED) is 0.491. The van der Waals surface area contributed by atoms with Crippen LogP contribution in [0.3, 0.4) is 0 Å².